The Bertz CT molecular complexity index is 897. The number of likely N-dealkylation sites (N-methyl/N-ethyl adjacent to an activating group) is 1. The number of hydrogen-bond acceptors (Lipinski definition) is 5. The van der Waals surface area contributed by atoms with Gasteiger partial charge in [0.05, 0.1) is 17.2 Å². The Kier molecular flexibility index (Phi) is 7.08. The number of sulfonamides is 1. The quantitative estimate of drug-likeness (QED) is 0.630. The summed E-state index contributed by atoms with van der Waals surface area (Å²) in [6.45, 7) is 2.54. The zero-order valence-corrected chi connectivity index (χ0v) is 19.6. The van der Waals surface area contributed by atoms with Crippen LogP contribution in [-0.2, 0) is 24.3 Å². The molecular formula is C22H33N3O5S. The number of amides is 2. The largest absolute Gasteiger partial charge is 0.371 e. The van der Waals surface area contributed by atoms with Gasteiger partial charge in [-0.2, -0.15) is 0 Å². The molecule has 1 aromatic rings. The highest BCUT2D eigenvalue weighted by Crippen LogP contribution is 2.45. The summed E-state index contributed by atoms with van der Waals surface area (Å²) in [5, 5.41) is 0. The summed E-state index contributed by atoms with van der Waals surface area (Å²) in [6, 6.07) is 9.27. The van der Waals surface area contributed by atoms with E-state index in [4.69, 9.17) is 4.74 Å². The fraction of sp³-hybridized carbons (Fsp3) is 0.636. The summed E-state index contributed by atoms with van der Waals surface area (Å²) in [7, 11) is 1.51. The van der Waals surface area contributed by atoms with Crippen LogP contribution in [0.3, 0.4) is 0 Å². The van der Waals surface area contributed by atoms with E-state index in [1.807, 2.05) is 37.3 Å². The third-order valence-corrected chi connectivity index (χ3v) is 8.81. The second-order valence-corrected chi connectivity index (χ2v) is 10.5. The number of benzene rings is 1. The van der Waals surface area contributed by atoms with E-state index in [0.29, 0.717) is 32.4 Å². The molecule has 2 heterocycles. The molecule has 172 valence electrons. The summed E-state index contributed by atoms with van der Waals surface area (Å²) >= 11 is 0. The lowest BCUT2D eigenvalue weighted by Crippen LogP contribution is -2.59. The summed E-state index contributed by atoms with van der Waals surface area (Å²) in [6.07, 6.45) is 1.36. The van der Waals surface area contributed by atoms with Crippen LogP contribution in [0.2, 0.25) is 0 Å². The first-order chi connectivity index (χ1) is 14.7. The van der Waals surface area contributed by atoms with Crippen molar-refractivity contribution in [3.63, 3.8) is 0 Å². The van der Waals surface area contributed by atoms with Gasteiger partial charge in [0.15, 0.2) is 0 Å². The van der Waals surface area contributed by atoms with Crippen LogP contribution < -0.4 is 4.90 Å². The van der Waals surface area contributed by atoms with Crippen LogP contribution in [0.25, 0.3) is 0 Å². The van der Waals surface area contributed by atoms with E-state index in [1.165, 1.54) is 11.4 Å². The summed E-state index contributed by atoms with van der Waals surface area (Å²) in [5.41, 5.74) is -0.0339. The van der Waals surface area contributed by atoms with Gasteiger partial charge < -0.3 is 14.5 Å². The minimum atomic E-state index is -3.34. The van der Waals surface area contributed by atoms with Crippen LogP contribution in [-0.4, -0.2) is 81.1 Å². The molecule has 0 bridgehead atoms. The normalized spacial score (nSPS) is 24.0. The molecule has 1 aromatic carbocycles. The van der Waals surface area contributed by atoms with Crippen LogP contribution in [0, 0.1) is 5.92 Å². The van der Waals surface area contributed by atoms with Gasteiger partial charge in [-0.1, -0.05) is 31.5 Å². The maximum absolute atomic E-state index is 13.6. The smallest absolute Gasteiger partial charge is 0.252 e. The molecule has 9 heteroatoms. The van der Waals surface area contributed by atoms with E-state index in [1.54, 1.807) is 23.9 Å². The number of likely N-dealkylation sites (tertiary alicyclic amines) is 1. The van der Waals surface area contributed by atoms with E-state index in [0.717, 1.165) is 12.1 Å². The molecule has 3 rings (SSSR count). The van der Waals surface area contributed by atoms with Crippen LogP contribution in [0.1, 0.15) is 32.6 Å². The number of para-hydroxylation sites is 1. The highest BCUT2D eigenvalue weighted by atomic mass is 32.2. The molecule has 0 N–H and O–H groups in total. The van der Waals surface area contributed by atoms with Crippen molar-refractivity contribution in [1.29, 1.82) is 0 Å². The highest BCUT2D eigenvalue weighted by Gasteiger charge is 2.62. The first kappa shape index (κ1) is 23.7. The van der Waals surface area contributed by atoms with Crippen molar-refractivity contribution < 1.29 is 22.7 Å². The number of carbonyl (C=O) groups is 2. The predicted octanol–water partition coefficient (Wildman–Crippen LogP) is 1.72. The van der Waals surface area contributed by atoms with Gasteiger partial charge in [0.25, 0.3) is 5.91 Å². The van der Waals surface area contributed by atoms with Gasteiger partial charge >= 0.3 is 0 Å². The molecular weight excluding hydrogens is 418 g/mol. The lowest BCUT2D eigenvalue weighted by Gasteiger charge is -2.46. The number of methoxy groups -OCH3 is 1. The molecule has 0 unspecified atom stereocenters. The molecule has 2 aliphatic rings. The highest BCUT2D eigenvalue weighted by molar-refractivity contribution is 7.89. The summed E-state index contributed by atoms with van der Waals surface area (Å²) in [4.78, 5) is 29.8. The van der Waals surface area contributed by atoms with Crippen molar-refractivity contribution in [1.82, 2.24) is 9.21 Å². The van der Waals surface area contributed by atoms with Gasteiger partial charge in [0, 0.05) is 40.0 Å². The van der Waals surface area contributed by atoms with Gasteiger partial charge in [-0.3, -0.25) is 9.59 Å². The molecule has 0 saturated carbocycles. The minimum absolute atomic E-state index is 0.130. The third-order valence-electron chi connectivity index (χ3n) is 6.86. The second-order valence-electron chi connectivity index (χ2n) is 8.44. The molecule has 1 spiro atoms. The molecule has 0 aliphatic carbocycles. The van der Waals surface area contributed by atoms with E-state index in [2.05, 4.69) is 0 Å². The number of hydrogen-bond donors (Lipinski definition) is 0. The van der Waals surface area contributed by atoms with Crippen LogP contribution in [0.5, 0.6) is 0 Å². The van der Waals surface area contributed by atoms with Crippen molar-refractivity contribution in [3.05, 3.63) is 30.3 Å². The lowest BCUT2D eigenvalue weighted by molar-refractivity contribution is -0.138. The molecule has 2 fully saturated rings. The molecule has 0 radical (unpaired) electrons. The van der Waals surface area contributed by atoms with Crippen molar-refractivity contribution in [2.45, 2.75) is 44.2 Å². The summed E-state index contributed by atoms with van der Waals surface area (Å²) < 4.78 is 32.4. The number of unbranched alkanes of at least 4 members (excludes halogenated alkanes) is 1. The number of anilines is 1. The molecule has 2 saturated heterocycles. The minimum Gasteiger partial charge on any atom is -0.371 e. The Morgan fingerprint density at radius 2 is 1.84 bits per heavy atom. The Hall–Kier alpha value is -1.97. The Labute approximate surface area is 185 Å². The molecule has 0 aromatic heterocycles. The van der Waals surface area contributed by atoms with E-state index >= 15 is 0 Å². The van der Waals surface area contributed by atoms with E-state index in [9.17, 15) is 18.0 Å². The van der Waals surface area contributed by atoms with Crippen LogP contribution in [0.15, 0.2) is 30.3 Å². The Morgan fingerprint density at radius 1 is 1.23 bits per heavy atom. The SMILES string of the molecule is CCCCS(=O)(=O)N1CCC2(CC1)[C@H](C(=O)N(C)c1ccccc1)[C@@H](OC)C(=O)N2C. The van der Waals surface area contributed by atoms with Gasteiger partial charge in [-0.15, -0.1) is 0 Å². The van der Waals surface area contributed by atoms with Crippen molar-refractivity contribution in [2.24, 2.45) is 5.92 Å². The van der Waals surface area contributed by atoms with E-state index in [-0.39, 0.29) is 17.6 Å². The molecule has 2 atom stereocenters. The summed E-state index contributed by atoms with van der Waals surface area (Å²) in [5.74, 6) is -1.01. The molecule has 2 amide bonds. The van der Waals surface area contributed by atoms with Crippen molar-refractivity contribution >= 4 is 27.5 Å². The average Bonchev–Trinajstić information content (AvgIpc) is 2.99. The third kappa shape index (κ3) is 4.23. The van der Waals surface area contributed by atoms with Gasteiger partial charge in [0.2, 0.25) is 15.9 Å². The molecule has 8 nitrogen and oxygen atoms in total. The number of rotatable bonds is 7. The lowest BCUT2D eigenvalue weighted by atomic mass is 9.75. The van der Waals surface area contributed by atoms with Crippen molar-refractivity contribution in [3.8, 4) is 0 Å². The van der Waals surface area contributed by atoms with Gasteiger partial charge in [0.1, 0.15) is 6.10 Å². The standard InChI is InChI=1S/C22H33N3O5S/c1-5-6-16-31(28,29)25-14-12-22(13-15-25)18(19(30-4)21(27)24(22)3)20(26)23(2)17-10-8-7-9-11-17/h7-11,18-19H,5-6,12-16H2,1-4H3/t18-,19+/m0/s1. The predicted molar refractivity (Wildman–Crippen MR) is 119 cm³/mol. The van der Waals surface area contributed by atoms with Crippen LogP contribution in [0.4, 0.5) is 5.69 Å². The second kappa shape index (κ2) is 9.26. The Balaban J connectivity index is 1.89. The fourth-order valence-electron chi connectivity index (χ4n) is 4.88. The first-order valence-corrected chi connectivity index (χ1v) is 12.4. The topological polar surface area (TPSA) is 87.2 Å². The number of piperidine rings is 1. The maximum Gasteiger partial charge on any atom is 0.252 e. The fourth-order valence-corrected chi connectivity index (χ4v) is 6.53. The Morgan fingerprint density at radius 3 is 2.39 bits per heavy atom. The number of carbonyl (C=O) groups excluding carboxylic acids is 2. The first-order valence-electron chi connectivity index (χ1n) is 10.8. The zero-order chi connectivity index (χ0) is 22.8. The van der Waals surface area contributed by atoms with Crippen molar-refractivity contribution in [2.75, 3.05) is 44.9 Å². The van der Waals surface area contributed by atoms with Gasteiger partial charge in [-0.05, 0) is 31.4 Å². The molecule has 2 aliphatic heterocycles. The zero-order valence-electron chi connectivity index (χ0n) is 18.8. The molecule has 31 heavy (non-hydrogen) atoms. The number of nitrogens with zero attached hydrogens (tertiary/aromatic N) is 3. The number of ether oxygens (including phenoxy) is 1. The monoisotopic (exact) mass is 451 g/mol. The average molecular weight is 452 g/mol. The van der Waals surface area contributed by atoms with E-state index < -0.39 is 27.6 Å². The van der Waals surface area contributed by atoms with Gasteiger partial charge in [-0.25, -0.2) is 12.7 Å². The maximum atomic E-state index is 13.6. The van der Waals surface area contributed by atoms with Crippen LogP contribution >= 0.6 is 0 Å².